The zero-order valence-corrected chi connectivity index (χ0v) is 25.1. The second kappa shape index (κ2) is 14.8. The number of nitrogens with zero attached hydrogens (tertiary/aromatic N) is 3. The van der Waals surface area contributed by atoms with Gasteiger partial charge in [0.1, 0.15) is 17.3 Å². The Balaban J connectivity index is 1.58. The van der Waals surface area contributed by atoms with Crippen LogP contribution in [0.3, 0.4) is 0 Å². The summed E-state index contributed by atoms with van der Waals surface area (Å²) >= 11 is 0. The second-order valence-corrected chi connectivity index (χ2v) is 11.0. The van der Waals surface area contributed by atoms with Gasteiger partial charge in [0.05, 0.1) is 32.2 Å². The lowest BCUT2D eigenvalue weighted by atomic mass is 10.0. The summed E-state index contributed by atoms with van der Waals surface area (Å²) in [7, 11) is 1.63. The first-order valence-corrected chi connectivity index (χ1v) is 14.7. The number of benzene rings is 3. The fraction of sp³-hybridized carbons (Fsp3) is 0.412. The van der Waals surface area contributed by atoms with E-state index in [2.05, 4.69) is 18.7 Å². The quantitative estimate of drug-likeness (QED) is 0.349. The number of para-hydroxylation sites is 1. The smallest absolute Gasteiger partial charge is 0.231 e. The number of hydrogen-bond acceptors (Lipinski definition) is 5. The van der Waals surface area contributed by atoms with E-state index in [0.29, 0.717) is 31.4 Å². The molecule has 0 atom stereocenters. The van der Waals surface area contributed by atoms with Crippen molar-refractivity contribution in [2.24, 2.45) is 0 Å². The summed E-state index contributed by atoms with van der Waals surface area (Å²) in [6.45, 7) is 9.56. The van der Waals surface area contributed by atoms with Crippen LogP contribution in [-0.4, -0.2) is 67.6 Å². The number of amides is 2. The minimum absolute atomic E-state index is 0.0208. The van der Waals surface area contributed by atoms with Crippen LogP contribution < -0.4 is 14.4 Å². The largest absolute Gasteiger partial charge is 0.497 e. The maximum absolute atomic E-state index is 13.9. The van der Waals surface area contributed by atoms with Crippen molar-refractivity contribution >= 4 is 17.5 Å². The number of carbonyl (C=O) groups excluding carboxylic acids is 2. The highest BCUT2D eigenvalue weighted by Crippen LogP contribution is 2.29. The second-order valence-electron chi connectivity index (χ2n) is 11.0. The van der Waals surface area contributed by atoms with Gasteiger partial charge in [-0.3, -0.25) is 14.5 Å². The predicted octanol–water partition coefficient (Wildman–Crippen LogP) is 5.63. The van der Waals surface area contributed by atoms with Gasteiger partial charge in [-0.1, -0.05) is 36.4 Å². The molecule has 0 radical (unpaired) electrons. The van der Waals surface area contributed by atoms with Crippen LogP contribution >= 0.6 is 0 Å². The number of halogens is 1. The fourth-order valence-corrected chi connectivity index (χ4v) is 5.39. The predicted molar refractivity (Wildman–Crippen MR) is 163 cm³/mol. The van der Waals surface area contributed by atoms with E-state index in [-0.39, 0.29) is 37.1 Å². The summed E-state index contributed by atoms with van der Waals surface area (Å²) in [5.41, 5.74) is 3.74. The Morgan fingerprint density at radius 3 is 2.38 bits per heavy atom. The molecule has 0 spiro atoms. The van der Waals surface area contributed by atoms with Crippen LogP contribution in [-0.2, 0) is 22.6 Å². The van der Waals surface area contributed by atoms with Gasteiger partial charge in [0.25, 0.3) is 0 Å². The van der Waals surface area contributed by atoms with E-state index < -0.39 is 0 Å². The van der Waals surface area contributed by atoms with Crippen LogP contribution in [0, 0.1) is 12.7 Å². The Morgan fingerprint density at radius 1 is 0.905 bits per heavy atom. The first-order valence-electron chi connectivity index (χ1n) is 14.7. The molecule has 2 amide bonds. The molecule has 0 unspecified atom stereocenters. The molecule has 42 heavy (non-hydrogen) atoms. The highest BCUT2D eigenvalue weighted by atomic mass is 19.1. The van der Waals surface area contributed by atoms with Crippen molar-refractivity contribution in [3.63, 3.8) is 0 Å². The van der Waals surface area contributed by atoms with Crippen molar-refractivity contribution in [3.05, 3.63) is 89.2 Å². The molecule has 0 fully saturated rings. The first-order chi connectivity index (χ1) is 20.2. The Morgan fingerprint density at radius 2 is 1.67 bits per heavy atom. The molecule has 0 aliphatic carbocycles. The lowest BCUT2D eigenvalue weighted by Gasteiger charge is -2.30. The van der Waals surface area contributed by atoms with Gasteiger partial charge in [-0.05, 0) is 68.1 Å². The number of ether oxygens (including phenoxy) is 2. The number of fused-ring (bicyclic) bond motifs is 1. The zero-order valence-electron chi connectivity index (χ0n) is 25.1. The van der Waals surface area contributed by atoms with E-state index in [0.717, 1.165) is 47.6 Å². The summed E-state index contributed by atoms with van der Waals surface area (Å²) in [6.07, 6.45) is 1.25. The van der Waals surface area contributed by atoms with Gasteiger partial charge in [0, 0.05) is 44.8 Å². The Labute approximate surface area is 248 Å². The van der Waals surface area contributed by atoms with Crippen molar-refractivity contribution in [1.29, 1.82) is 0 Å². The van der Waals surface area contributed by atoms with Crippen LogP contribution in [0.2, 0.25) is 0 Å². The topological polar surface area (TPSA) is 62.3 Å². The number of aryl methyl sites for hydroxylation is 1. The number of hydrogen-bond donors (Lipinski definition) is 0. The molecule has 224 valence electrons. The summed E-state index contributed by atoms with van der Waals surface area (Å²) in [4.78, 5) is 33.6. The third-order valence-electron chi connectivity index (χ3n) is 7.72. The van der Waals surface area contributed by atoms with E-state index in [9.17, 15) is 14.0 Å². The third kappa shape index (κ3) is 8.32. The lowest BCUT2D eigenvalue weighted by Crippen LogP contribution is -2.41. The van der Waals surface area contributed by atoms with Gasteiger partial charge >= 0.3 is 0 Å². The standard InChI is InChI=1S/C34H42FN3O4/c1-25(2)36-17-7-18-38(33(40)22-27-12-14-30(41-4)15-13-27)34-26(3)8-5-9-28(34)24-37(20-19-36)32(39)16-21-42-31-11-6-10-29(35)23-31/h5-6,8-15,23,25H,7,16-22,24H2,1-4H3. The van der Waals surface area contributed by atoms with Crippen LogP contribution in [0.25, 0.3) is 0 Å². The minimum Gasteiger partial charge on any atom is -0.497 e. The van der Waals surface area contributed by atoms with E-state index >= 15 is 0 Å². The van der Waals surface area contributed by atoms with Gasteiger partial charge in [0.2, 0.25) is 11.8 Å². The van der Waals surface area contributed by atoms with Gasteiger partial charge in [0.15, 0.2) is 0 Å². The zero-order chi connectivity index (χ0) is 30.1. The molecule has 7 nitrogen and oxygen atoms in total. The molecule has 0 aromatic heterocycles. The molecular formula is C34H42FN3O4. The van der Waals surface area contributed by atoms with Crippen molar-refractivity contribution in [3.8, 4) is 11.5 Å². The number of anilines is 1. The minimum atomic E-state index is -0.377. The molecule has 4 rings (SSSR count). The first kappa shape index (κ1) is 31.0. The fourth-order valence-electron chi connectivity index (χ4n) is 5.39. The molecule has 0 bridgehead atoms. The maximum atomic E-state index is 13.9. The third-order valence-corrected chi connectivity index (χ3v) is 7.72. The summed E-state index contributed by atoms with van der Waals surface area (Å²) < 4.78 is 24.5. The monoisotopic (exact) mass is 575 g/mol. The normalized spacial score (nSPS) is 14.7. The van der Waals surface area contributed by atoms with Gasteiger partial charge in [-0.25, -0.2) is 4.39 Å². The number of rotatable bonds is 8. The van der Waals surface area contributed by atoms with Crippen LogP contribution in [0.5, 0.6) is 11.5 Å². The molecule has 0 N–H and O–H groups in total. The highest BCUT2D eigenvalue weighted by molar-refractivity contribution is 5.96. The van der Waals surface area contributed by atoms with E-state index in [4.69, 9.17) is 9.47 Å². The molecule has 0 saturated heterocycles. The van der Waals surface area contributed by atoms with Crippen molar-refractivity contribution in [2.45, 2.75) is 52.6 Å². The van der Waals surface area contributed by atoms with Crippen LogP contribution in [0.4, 0.5) is 10.1 Å². The summed E-state index contributed by atoms with van der Waals surface area (Å²) in [5.74, 6) is 0.754. The van der Waals surface area contributed by atoms with Crippen LogP contribution in [0.1, 0.15) is 43.4 Å². The molecule has 1 aliphatic heterocycles. The van der Waals surface area contributed by atoms with Gasteiger partial charge < -0.3 is 19.3 Å². The molecule has 8 heteroatoms. The number of carbonyl (C=O) groups is 2. The molecule has 3 aromatic carbocycles. The van der Waals surface area contributed by atoms with Crippen molar-refractivity contribution in [2.75, 3.05) is 44.8 Å². The maximum Gasteiger partial charge on any atom is 0.231 e. The lowest BCUT2D eigenvalue weighted by molar-refractivity contribution is -0.132. The van der Waals surface area contributed by atoms with E-state index in [1.807, 2.05) is 59.2 Å². The summed E-state index contributed by atoms with van der Waals surface area (Å²) in [6, 6.07) is 19.8. The van der Waals surface area contributed by atoms with Crippen LogP contribution in [0.15, 0.2) is 66.7 Å². The van der Waals surface area contributed by atoms with Gasteiger partial charge in [-0.2, -0.15) is 0 Å². The molecule has 1 heterocycles. The SMILES string of the molecule is COc1ccc(CC(=O)N2CCCN(C(C)C)CCN(C(=O)CCOc3cccc(F)c3)Cc3cccc(C)c32)cc1. The van der Waals surface area contributed by atoms with Crippen molar-refractivity contribution in [1.82, 2.24) is 9.80 Å². The Bertz CT molecular complexity index is 1340. The average molecular weight is 576 g/mol. The van der Waals surface area contributed by atoms with E-state index in [1.54, 1.807) is 19.2 Å². The van der Waals surface area contributed by atoms with E-state index in [1.165, 1.54) is 12.1 Å². The summed E-state index contributed by atoms with van der Waals surface area (Å²) in [5, 5.41) is 0. The molecular weight excluding hydrogens is 533 g/mol. The average Bonchev–Trinajstić information content (AvgIpc) is 3.00. The highest BCUT2D eigenvalue weighted by Gasteiger charge is 2.25. The molecule has 1 aliphatic rings. The Hall–Kier alpha value is -3.91. The van der Waals surface area contributed by atoms with Gasteiger partial charge in [-0.15, -0.1) is 0 Å². The molecule has 0 saturated carbocycles. The number of methoxy groups -OCH3 is 1. The molecule has 3 aromatic rings. The Kier molecular flexibility index (Phi) is 11.0. The van der Waals surface area contributed by atoms with Crippen molar-refractivity contribution < 1.29 is 23.5 Å².